The Hall–Kier alpha value is -1.28. The van der Waals surface area contributed by atoms with Crippen molar-refractivity contribution in [1.29, 1.82) is 0 Å². The number of aromatic nitrogens is 3. The second-order valence-corrected chi connectivity index (χ2v) is 9.71. The minimum Gasteiger partial charge on any atom is -0.309 e. The number of hydrogen-bond donors (Lipinski definition) is 1. The molecule has 2 fully saturated rings. The van der Waals surface area contributed by atoms with Crippen molar-refractivity contribution in [2.45, 2.75) is 50.9 Å². The number of likely N-dealkylation sites (tertiary alicyclic amines) is 1. The highest BCUT2D eigenvalue weighted by Gasteiger charge is 2.33. The molecule has 2 aliphatic rings. The van der Waals surface area contributed by atoms with Gasteiger partial charge in [-0.2, -0.15) is 9.78 Å². The van der Waals surface area contributed by atoms with Crippen LogP contribution in [0.1, 0.15) is 53.3 Å². The van der Waals surface area contributed by atoms with Gasteiger partial charge in [-0.05, 0) is 48.0 Å². The minimum absolute atomic E-state index is 0.577. The molecule has 26 heavy (non-hydrogen) atoms. The van der Waals surface area contributed by atoms with Gasteiger partial charge in [0.1, 0.15) is 11.9 Å². The van der Waals surface area contributed by atoms with Crippen LogP contribution in [0.5, 0.6) is 0 Å². The average Bonchev–Trinajstić information content (AvgIpc) is 3.11. The van der Waals surface area contributed by atoms with Crippen LogP contribution in [-0.2, 0) is 13.1 Å². The van der Waals surface area contributed by atoms with Crippen LogP contribution in [0.2, 0.25) is 0 Å². The van der Waals surface area contributed by atoms with E-state index in [0.717, 1.165) is 23.7 Å². The number of thiophene rings is 2. The molecule has 5 rings (SSSR count). The van der Waals surface area contributed by atoms with Gasteiger partial charge in [-0.1, -0.05) is 12.1 Å². The first-order valence-corrected chi connectivity index (χ1v) is 11.5. The van der Waals surface area contributed by atoms with Gasteiger partial charge in [-0.3, -0.25) is 0 Å². The Labute approximate surface area is 166 Å². The lowest BCUT2D eigenvalue weighted by atomic mass is 10.2. The van der Waals surface area contributed by atoms with E-state index < -0.39 is 0 Å². The van der Waals surface area contributed by atoms with E-state index >= 15 is 0 Å². The predicted molar refractivity (Wildman–Crippen MR) is 109 cm³/mol. The van der Waals surface area contributed by atoms with E-state index in [0.29, 0.717) is 12.1 Å². The zero-order valence-corrected chi connectivity index (χ0v) is 17.1. The van der Waals surface area contributed by atoms with Crippen molar-refractivity contribution in [3.8, 4) is 0 Å². The fourth-order valence-electron chi connectivity index (χ4n) is 4.08. The summed E-state index contributed by atoms with van der Waals surface area (Å²) in [7, 11) is 0. The molecular formula is C19H23N4S3+. The summed E-state index contributed by atoms with van der Waals surface area (Å²) in [4.78, 5) is 4.47. The molecule has 0 bridgehead atoms. The molecule has 1 aliphatic carbocycles. The van der Waals surface area contributed by atoms with Gasteiger partial charge in [-0.25, -0.2) is 0 Å². The predicted octanol–water partition coefficient (Wildman–Crippen LogP) is 3.84. The summed E-state index contributed by atoms with van der Waals surface area (Å²) in [5, 5.41) is 9.32. The molecule has 4 nitrogen and oxygen atoms in total. The van der Waals surface area contributed by atoms with Crippen molar-refractivity contribution in [2.24, 2.45) is 0 Å². The Morgan fingerprint density at radius 2 is 2.00 bits per heavy atom. The second kappa shape index (κ2) is 7.03. The first-order valence-electron chi connectivity index (χ1n) is 9.38. The van der Waals surface area contributed by atoms with Crippen LogP contribution in [0, 0.1) is 4.77 Å². The van der Waals surface area contributed by atoms with Crippen LogP contribution in [-0.4, -0.2) is 20.9 Å². The fourth-order valence-corrected chi connectivity index (χ4v) is 6.06. The van der Waals surface area contributed by atoms with Crippen molar-refractivity contribution in [3.05, 3.63) is 55.4 Å². The fraction of sp³-hybridized carbons (Fsp3) is 0.474. The van der Waals surface area contributed by atoms with E-state index in [1.54, 1.807) is 16.2 Å². The first-order chi connectivity index (χ1) is 12.8. The van der Waals surface area contributed by atoms with Crippen LogP contribution in [0.4, 0.5) is 0 Å². The zero-order valence-electron chi connectivity index (χ0n) is 14.6. The molecule has 0 amide bonds. The van der Waals surface area contributed by atoms with Gasteiger partial charge in [0.25, 0.3) is 0 Å². The van der Waals surface area contributed by atoms with Crippen molar-refractivity contribution in [2.75, 3.05) is 6.54 Å². The van der Waals surface area contributed by atoms with Crippen LogP contribution < -0.4 is 4.90 Å². The Morgan fingerprint density at radius 3 is 2.73 bits per heavy atom. The Bertz CT molecular complexity index is 919. The minimum atomic E-state index is 0.577. The van der Waals surface area contributed by atoms with Crippen molar-refractivity contribution < 1.29 is 4.90 Å². The molecule has 0 spiro atoms. The first kappa shape index (κ1) is 16.9. The third-order valence-electron chi connectivity index (χ3n) is 5.49. The van der Waals surface area contributed by atoms with Gasteiger partial charge in [0.15, 0.2) is 6.67 Å². The topological polar surface area (TPSA) is 27.2 Å². The largest absolute Gasteiger partial charge is 0.309 e. The summed E-state index contributed by atoms with van der Waals surface area (Å²) in [5.41, 5.74) is 0. The molecule has 2 atom stereocenters. The zero-order chi connectivity index (χ0) is 17.5. The number of quaternary nitrogens is 1. The lowest BCUT2D eigenvalue weighted by molar-refractivity contribution is -0.941. The maximum Gasteiger partial charge on any atom is 0.203 e. The molecule has 7 heteroatoms. The lowest BCUT2D eigenvalue weighted by Crippen LogP contribution is -3.09. The van der Waals surface area contributed by atoms with Crippen LogP contribution in [0.25, 0.3) is 0 Å². The quantitative estimate of drug-likeness (QED) is 0.633. The number of nitrogens with zero attached hydrogens (tertiary/aromatic N) is 3. The number of hydrogen-bond acceptors (Lipinski definition) is 4. The Balaban J connectivity index is 1.43. The van der Waals surface area contributed by atoms with Gasteiger partial charge < -0.3 is 9.47 Å². The van der Waals surface area contributed by atoms with Gasteiger partial charge in [0.2, 0.25) is 4.77 Å². The summed E-state index contributed by atoms with van der Waals surface area (Å²) in [5.74, 6) is 1.14. The third kappa shape index (κ3) is 3.22. The molecule has 1 N–H and O–H groups in total. The monoisotopic (exact) mass is 403 g/mol. The Morgan fingerprint density at radius 1 is 1.15 bits per heavy atom. The smallest absolute Gasteiger partial charge is 0.203 e. The SMILES string of the molecule is S=c1n(C[NH+]2CCC[C@@H]2c2cccs2)nc(Cc2cccs2)n1C1CC1. The van der Waals surface area contributed by atoms with Gasteiger partial charge in [0.05, 0.1) is 11.4 Å². The molecule has 3 aromatic rings. The standard InChI is InChI=1S/C19H22N4S3/c24-19-22(13-21-9-1-5-16(21)17-6-3-11-26-17)20-18(23(19)14-7-8-14)12-15-4-2-10-25-15/h2-4,6,10-11,14,16H,1,5,7-9,12-13H2/p+1/t16-/m1/s1. The molecule has 136 valence electrons. The normalized spacial score (nSPS) is 22.9. The van der Waals surface area contributed by atoms with E-state index in [1.165, 1.54) is 42.0 Å². The van der Waals surface area contributed by atoms with E-state index in [-0.39, 0.29) is 0 Å². The molecule has 3 aromatic heterocycles. The molecule has 1 aliphatic heterocycles. The summed E-state index contributed by atoms with van der Waals surface area (Å²) in [6.07, 6.45) is 5.94. The summed E-state index contributed by atoms with van der Waals surface area (Å²) < 4.78 is 5.37. The van der Waals surface area contributed by atoms with Gasteiger partial charge in [0, 0.05) is 30.2 Å². The maximum absolute atomic E-state index is 5.85. The summed E-state index contributed by atoms with van der Waals surface area (Å²) in [6, 6.07) is 9.94. The van der Waals surface area contributed by atoms with E-state index in [9.17, 15) is 0 Å². The van der Waals surface area contributed by atoms with E-state index in [4.69, 9.17) is 17.3 Å². The van der Waals surface area contributed by atoms with E-state index in [1.807, 2.05) is 11.3 Å². The van der Waals surface area contributed by atoms with Crippen LogP contribution in [0.3, 0.4) is 0 Å². The average molecular weight is 404 g/mol. The number of nitrogens with one attached hydrogen (secondary N) is 1. The van der Waals surface area contributed by atoms with E-state index in [2.05, 4.69) is 44.3 Å². The molecule has 1 unspecified atom stereocenters. The van der Waals surface area contributed by atoms with Crippen molar-refractivity contribution in [3.63, 3.8) is 0 Å². The Kier molecular flexibility index (Phi) is 4.56. The van der Waals surface area contributed by atoms with Gasteiger partial charge >= 0.3 is 0 Å². The molecule has 0 radical (unpaired) electrons. The van der Waals surface area contributed by atoms with Crippen LogP contribution in [0.15, 0.2) is 35.0 Å². The molecule has 1 saturated heterocycles. The molecule has 0 aromatic carbocycles. The van der Waals surface area contributed by atoms with Crippen molar-refractivity contribution in [1.82, 2.24) is 14.3 Å². The summed E-state index contributed by atoms with van der Waals surface area (Å²) >= 11 is 9.54. The molecular weight excluding hydrogens is 380 g/mol. The lowest BCUT2D eigenvalue weighted by Gasteiger charge is -2.20. The van der Waals surface area contributed by atoms with Crippen LogP contribution >= 0.6 is 34.9 Å². The maximum atomic E-state index is 5.85. The van der Waals surface area contributed by atoms with Gasteiger partial charge in [-0.15, -0.1) is 22.7 Å². The number of rotatable bonds is 6. The highest BCUT2D eigenvalue weighted by Crippen LogP contribution is 2.36. The molecule has 4 heterocycles. The second-order valence-electron chi connectivity index (χ2n) is 7.33. The molecule has 1 saturated carbocycles. The highest BCUT2D eigenvalue weighted by atomic mass is 32.1. The summed E-state index contributed by atoms with van der Waals surface area (Å²) in [6.45, 7) is 2.10. The highest BCUT2D eigenvalue weighted by molar-refractivity contribution is 7.71. The third-order valence-corrected chi connectivity index (χ3v) is 7.76. The van der Waals surface area contributed by atoms with Crippen molar-refractivity contribution >= 4 is 34.9 Å².